The lowest BCUT2D eigenvalue weighted by molar-refractivity contribution is -0.148. The maximum Gasteiger partial charge on any atom is 0.310 e. The van der Waals surface area contributed by atoms with E-state index in [-0.39, 0.29) is 17.8 Å². The molecule has 3 nitrogen and oxygen atoms in total. The first-order chi connectivity index (χ1) is 8.61. The summed E-state index contributed by atoms with van der Waals surface area (Å²) in [7, 11) is 3.49. The van der Waals surface area contributed by atoms with Gasteiger partial charge in [-0.1, -0.05) is 23.7 Å². The Morgan fingerprint density at radius 2 is 2.06 bits per heavy atom. The number of carbonyl (C=O) groups excluding carboxylic acids is 1. The lowest BCUT2D eigenvalue weighted by Gasteiger charge is -2.35. The smallest absolute Gasteiger partial charge is 0.310 e. The summed E-state index contributed by atoms with van der Waals surface area (Å²) in [5.41, 5.74) is 1.17. The van der Waals surface area contributed by atoms with Crippen molar-refractivity contribution in [1.29, 1.82) is 0 Å². The maximum atomic E-state index is 11.9. The highest BCUT2D eigenvalue weighted by Gasteiger charge is 2.34. The predicted octanol–water partition coefficient (Wildman–Crippen LogP) is 2.55. The third-order valence-electron chi connectivity index (χ3n) is 3.62. The van der Waals surface area contributed by atoms with Crippen LogP contribution in [0.2, 0.25) is 5.02 Å². The molecule has 4 heteroatoms. The van der Waals surface area contributed by atoms with Gasteiger partial charge in [-0.2, -0.15) is 0 Å². The van der Waals surface area contributed by atoms with Gasteiger partial charge in [0, 0.05) is 11.6 Å². The maximum absolute atomic E-state index is 11.9. The van der Waals surface area contributed by atoms with Crippen molar-refractivity contribution < 1.29 is 9.53 Å². The highest BCUT2D eigenvalue weighted by Crippen LogP contribution is 2.33. The quantitative estimate of drug-likeness (QED) is 0.772. The molecule has 1 aliphatic rings. The molecule has 1 unspecified atom stereocenters. The number of rotatable bonds is 2. The lowest BCUT2D eigenvalue weighted by atomic mass is 9.80. The van der Waals surface area contributed by atoms with Crippen molar-refractivity contribution in [3.05, 3.63) is 34.9 Å². The third kappa shape index (κ3) is 2.85. The van der Waals surface area contributed by atoms with Crippen LogP contribution in [0.5, 0.6) is 0 Å². The summed E-state index contributed by atoms with van der Waals surface area (Å²) in [4.78, 5) is 14.1. The van der Waals surface area contributed by atoms with Gasteiger partial charge in [0.15, 0.2) is 0 Å². The van der Waals surface area contributed by atoms with Crippen molar-refractivity contribution in [3.63, 3.8) is 0 Å². The van der Waals surface area contributed by atoms with Crippen LogP contribution in [-0.2, 0) is 9.53 Å². The Balaban J connectivity index is 2.23. The molecule has 0 saturated carbocycles. The van der Waals surface area contributed by atoms with Crippen LogP contribution in [0.1, 0.15) is 17.9 Å². The molecule has 0 radical (unpaired) electrons. The summed E-state index contributed by atoms with van der Waals surface area (Å²) in [6.07, 6.45) is 0.970. The molecule has 18 heavy (non-hydrogen) atoms. The van der Waals surface area contributed by atoms with Crippen molar-refractivity contribution in [2.45, 2.75) is 12.3 Å². The molecule has 98 valence electrons. The fourth-order valence-corrected chi connectivity index (χ4v) is 2.74. The van der Waals surface area contributed by atoms with E-state index in [0.717, 1.165) is 24.5 Å². The first-order valence-electron chi connectivity index (χ1n) is 6.13. The zero-order valence-corrected chi connectivity index (χ0v) is 11.5. The second-order valence-electron chi connectivity index (χ2n) is 4.84. The minimum atomic E-state index is -0.124. The molecule has 1 aromatic carbocycles. The van der Waals surface area contributed by atoms with Gasteiger partial charge < -0.3 is 9.64 Å². The number of esters is 1. The van der Waals surface area contributed by atoms with E-state index >= 15 is 0 Å². The van der Waals surface area contributed by atoms with E-state index in [2.05, 4.69) is 4.90 Å². The van der Waals surface area contributed by atoms with E-state index in [1.807, 2.05) is 31.3 Å². The zero-order valence-electron chi connectivity index (χ0n) is 10.7. The van der Waals surface area contributed by atoms with E-state index in [1.165, 1.54) is 12.7 Å². The summed E-state index contributed by atoms with van der Waals surface area (Å²) < 4.78 is 4.92. The van der Waals surface area contributed by atoms with E-state index in [0.29, 0.717) is 0 Å². The Morgan fingerprint density at radius 1 is 1.39 bits per heavy atom. The van der Waals surface area contributed by atoms with Crippen LogP contribution in [0.4, 0.5) is 0 Å². The Morgan fingerprint density at radius 3 is 2.67 bits per heavy atom. The number of likely N-dealkylation sites (tertiary alicyclic amines) is 1. The molecular formula is C14H18ClNO2. The molecule has 1 aromatic rings. The average Bonchev–Trinajstić information content (AvgIpc) is 2.39. The second-order valence-corrected chi connectivity index (χ2v) is 5.28. The first-order valence-corrected chi connectivity index (χ1v) is 6.51. The van der Waals surface area contributed by atoms with Crippen LogP contribution in [0.25, 0.3) is 0 Å². The van der Waals surface area contributed by atoms with E-state index in [4.69, 9.17) is 16.3 Å². The monoisotopic (exact) mass is 267 g/mol. The number of carbonyl (C=O) groups is 1. The second kappa shape index (κ2) is 5.72. The Labute approximate surface area is 113 Å². The fourth-order valence-electron chi connectivity index (χ4n) is 2.61. The fraction of sp³-hybridized carbons (Fsp3) is 0.500. The standard InChI is InChI=1S/C14H18ClNO2/c1-16-8-7-12(13(9-16)14(17)18-2)10-3-5-11(15)6-4-10/h3-6,12-13H,7-9H2,1-2H3/t12?,13-/m0/s1. The minimum Gasteiger partial charge on any atom is -0.469 e. The van der Waals surface area contributed by atoms with Gasteiger partial charge in [-0.25, -0.2) is 0 Å². The molecule has 2 atom stereocenters. The van der Waals surface area contributed by atoms with Crippen LogP contribution in [0.15, 0.2) is 24.3 Å². The number of ether oxygens (including phenoxy) is 1. The molecule has 1 saturated heterocycles. The van der Waals surface area contributed by atoms with Crippen LogP contribution >= 0.6 is 11.6 Å². The molecule has 0 aliphatic carbocycles. The molecule has 0 aromatic heterocycles. The van der Waals surface area contributed by atoms with Gasteiger partial charge >= 0.3 is 5.97 Å². The number of piperidine rings is 1. The average molecular weight is 268 g/mol. The van der Waals surface area contributed by atoms with Crippen LogP contribution in [0.3, 0.4) is 0 Å². The minimum absolute atomic E-state index is 0.0880. The summed E-state index contributed by atoms with van der Waals surface area (Å²) >= 11 is 5.90. The van der Waals surface area contributed by atoms with Crippen LogP contribution in [0, 0.1) is 5.92 Å². The molecule has 0 bridgehead atoms. The van der Waals surface area contributed by atoms with E-state index in [1.54, 1.807) is 0 Å². The van der Waals surface area contributed by atoms with Gasteiger partial charge in [0.25, 0.3) is 0 Å². The van der Waals surface area contributed by atoms with Gasteiger partial charge in [-0.3, -0.25) is 4.79 Å². The number of methoxy groups -OCH3 is 1. The van der Waals surface area contributed by atoms with Gasteiger partial charge in [0.05, 0.1) is 13.0 Å². The van der Waals surface area contributed by atoms with E-state index < -0.39 is 0 Å². The third-order valence-corrected chi connectivity index (χ3v) is 3.87. The van der Waals surface area contributed by atoms with Crippen molar-refractivity contribution in [3.8, 4) is 0 Å². The normalized spacial score (nSPS) is 24.8. The molecule has 0 N–H and O–H groups in total. The highest BCUT2D eigenvalue weighted by molar-refractivity contribution is 6.30. The Bertz CT molecular complexity index is 418. The molecule has 1 aliphatic heterocycles. The number of nitrogens with zero attached hydrogens (tertiary/aromatic N) is 1. The largest absolute Gasteiger partial charge is 0.469 e. The summed E-state index contributed by atoms with van der Waals surface area (Å²) in [6.45, 7) is 1.75. The number of halogens is 1. The molecule has 0 amide bonds. The summed E-state index contributed by atoms with van der Waals surface area (Å²) in [5.74, 6) is 0.0161. The number of hydrogen-bond acceptors (Lipinski definition) is 3. The molecular weight excluding hydrogens is 250 g/mol. The highest BCUT2D eigenvalue weighted by atomic mass is 35.5. The molecule has 1 heterocycles. The SMILES string of the molecule is COC(=O)[C@H]1CN(C)CCC1c1ccc(Cl)cc1. The van der Waals surface area contributed by atoms with Gasteiger partial charge in [0.2, 0.25) is 0 Å². The Kier molecular flexibility index (Phi) is 4.25. The zero-order chi connectivity index (χ0) is 13.1. The number of hydrogen-bond donors (Lipinski definition) is 0. The lowest BCUT2D eigenvalue weighted by Crippen LogP contribution is -2.41. The van der Waals surface area contributed by atoms with Crippen molar-refractivity contribution in [2.24, 2.45) is 5.92 Å². The summed E-state index contributed by atoms with van der Waals surface area (Å²) in [5, 5.41) is 0.723. The molecule has 0 spiro atoms. The van der Waals surface area contributed by atoms with Crippen LogP contribution in [-0.4, -0.2) is 38.1 Å². The summed E-state index contributed by atoms with van der Waals surface area (Å²) in [6, 6.07) is 7.77. The molecule has 2 rings (SSSR count). The van der Waals surface area contributed by atoms with Crippen LogP contribution < -0.4 is 0 Å². The van der Waals surface area contributed by atoms with Gasteiger partial charge in [-0.15, -0.1) is 0 Å². The van der Waals surface area contributed by atoms with Crippen molar-refractivity contribution >= 4 is 17.6 Å². The predicted molar refractivity (Wildman–Crippen MR) is 71.8 cm³/mol. The molecule has 1 fully saturated rings. The first kappa shape index (κ1) is 13.4. The topological polar surface area (TPSA) is 29.5 Å². The number of benzene rings is 1. The van der Waals surface area contributed by atoms with Crippen molar-refractivity contribution in [1.82, 2.24) is 4.90 Å². The Hall–Kier alpha value is -1.06. The van der Waals surface area contributed by atoms with Gasteiger partial charge in [0.1, 0.15) is 0 Å². The van der Waals surface area contributed by atoms with E-state index in [9.17, 15) is 4.79 Å². The van der Waals surface area contributed by atoms with Crippen molar-refractivity contribution in [2.75, 3.05) is 27.2 Å². The van der Waals surface area contributed by atoms with Gasteiger partial charge in [-0.05, 0) is 43.6 Å².